The summed E-state index contributed by atoms with van der Waals surface area (Å²) in [6.45, 7) is 2.00. The minimum atomic E-state index is -1.02. The number of anilines is 1. The van der Waals surface area contributed by atoms with Gasteiger partial charge in [0.15, 0.2) is 11.6 Å². The lowest BCUT2D eigenvalue weighted by Gasteiger charge is -2.24. The maximum Gasteiger partial charge on any atom is 0.243 e. The number of fused-ring (bicyclic) bond motifs is 1. The van der Waals surface area contributed by atoms with Gasteiger partial charge in [-0.05, 0) is 30.7 Å². The van der Waals surface area contributed by atoms with Crippen LogP contribution in [0.4, 0.5) is 14.5 Å². The lowest BCUT2D eigenvalue weighted by molar-refractivity contribution is -0.128. The Balaban J connectivity index is 1.48. The van der Waals surface area contributed by atoms with E-state index in [0.717, 1.165) is 34.7 Å². The lowest BCUT2D eigenvalue weighted by Crippen LogP contribution is -2.50. The van der Waals surface area contributed by atoms with E-state index in [4.69, 9.17) is 4.99 Å². The molecule has 0 bridgehead atoms. The van der Waals surface area contributed by atoms with E-state index in [1.54, 1.807) is 6.92 Å². The zero-order valence-electron chi connectivity index (χ0n) is 19.5. The van der Waals surface area contributed by atoms with E-state index in [-0.39, 0.29) is 6.42 Å². The van der Waals surface area contributed by atoms with Crippen LogP contribution in [0.25, 0.3) is 0 Å². The van der Waals surface area contributed by atoms with Gasteiger partial charge in [0.2, 0.25) is 11.8 Å². The average molecular weight is 477 g/mol. The molecular weight excluding hydrogens is 450 g/mol. The molecule has 0 aromatic heterocycles. The third kappa shape index (κ3) is 5.71. The van der Waals surface area contributed by atoms with Gasteiger partial charge in [0.25, 0.3) is 0 Å². The van der Waals surface area contributed by atoms with Crippen LogP contribution in [0.5, 0.6) is 0 Å². The summed E-state index contributed by atoms with van der Waals surface area (Å²) in [6.07, 6.45) is -0.729. The van der Waals surface area contributed by atoms with Crippen molar-refractivity contribution in [3.63, 3.8) is 0 Å². The number of carbonyl (C=O) groups excluding carboxylic acids is 2. The van der Waals surface area contributed by atoms with Gasteiger partial charge in [0.05, 0.1) is 18.7 Å². The minimum Gasteiger partial charge on any atom is -0.370 e. The van der Waals surface area contributed by atoms with Gasteiger partial charge >= 0.3 is 0 Å². The second-order valence-corrected chi connectivity index (χ2v) is 8.48. The first-order valence-electron chi connectivity index (χ1n) is 11.3. The number of rotatable bonds is 6. The second kappa shape index (κ2) is 10.5. The van der Waals surface area contributed by atoms with E-state index in [2.05, 4.69) is 10.6 Å². The Morgan fingerprint density at radius 1 is 1.03 bits per heavy atom. The largest absolute Gasteiger partial charge is 0.370 e. The molecule has 0 spiro atoms. The SMILES string of the molecule is C[C@H](NC(=O)Cc1ccc(F)c(F)c1)C(=O)N[C@@H]1CN(C)c2ccccc2C(c2ccccc2)=N1. The highest BCUT2D eigenvalue weighted by Gasteiger charge is 2.25. The Hall–Kier alpha value is -4.07. The van der Waals surface area contributed by atoms with E-state index < -0.39 is 35.7 Å². The number of nitrogens with one attached hydrogen (secondary N) is 2. The van der Waals surface area contributed by atoms with Crippen LogP contribution in [0.3, 0.4) is 0 Å². The lowest BCUT2D eigenvalue weighted by atomic mass is 10.0. The van der Waals surface area contributed by atoms with Crippen molar-refractivity contribution >= 4 is 23.2 Å². The van der Waals surface area contributed by atoms with Gasteiger partial charge < -0.3 is 15.5 Å². The number of benzodiazepines with no additional fused rings is 1. The van der Waals surface area contributed by atoms with Crippen molar-refractivity contribution in [3.8, 4) is 0 Å². The maximum atomic E-state index is 13.4. The van der Waals surface area contributed by atoms with Gasteiger partial charge in [-0.2, -0.15) is 0 Å². The molecule has 1 aliphatic heterocycles. The molecule has 180 valence electrons. The maximum absolute atomic E-state index is 13.4. The smallest absolute Gasteiger partial charge is 0.243 e. The predicted octanol–water partition coefficient (Wildman–Crippen LogP) is 3.44. The molecule has 3 aromatic carbocycles. The Labute approximate surface area is 202 Å². The number of hydrogen-bond acceptors (Lipinski definition) is 4. The quantitative estimate of drug-likeness (QED) is 0.573. The van der Waals surface area contributed by atoms with E-state index in [0.29, 0.717) is 12.1 Å². The highest BCUT2D eigenvalue weighted by atomic mass is 19.2. The summed E-state index contributed by atoms with van der Waals surface area (Å²) < 4.78 is 26.5. The fourth-order valence-corrected chi connectivity index (χ4v) is 4.02. The van der Waals surface area contributed by atoms with Crippen LogP contribution in [-0.2, 0) is 16.0 Å². The third-order valence-corrected chi connectivity index (χ3v) is 5.78. The summed E-state index contributed by atoms with van der Waals surface area (Å²) in [7, 11) is 1.94. The molecular formula is C27H26F2N4O2. The summed E-state index contributed by atoms with van der Waals surface area (Å²) in [5.41, 5.74) is 3.98. The van der Waals surface area contributed by atoms with E-state index in [9.17, 15) is 18.4 Å². The Kier molecular flexibility index (Phi) is 7.19. The van der Waals surface area contributed by atoms with Gasteiger partial charge in [0, 0.05) is 23.9 Å². The fraction of sp³-hybridized carbons (Fsp3) is 0.222. The first kappa shape index (κ1) is 24.1. The normalized spacial score (nSPS) is 15.9. The molecule has 3 aromatic rings. The van der Waals surface area contributed by atoms with Crippen molar-refractivity contribution in [3.05, 3.63) is 101 Å². The van der Waals surface area contributed by atoms with Crippen molar-refractivity contribution in [2.24, 2.45) is 4.99 Å². The molecule has 0 radical (unpaired) electrons. The number of halogens is 2. The van der Waals surface area contributed by atoms with Crippen LogP contribution < -0.4 is 15.5 Å². The summed E-state index contributed by atoms with van der Waals surface area (Å²) in [5, 5.41) is 5.53. The Bertz CT molecular complexity index is 1260. The highest BCUT2D eigenvalue weighted by Crippen LogP contribution is 2.26. The van der Waals surface area contributed by atoms with Gasteiger partial charge in [-0.25, -0.2) is 8.78 Å². The van der Waals surface area contributed by atoms with Gasteiger partial charge in [-0.3, -0.25) is 14.6 Å². The number of carbonyl (C=O) groups is 2. The zero-order chi connectivity index (χ0) is 24.9. The third-order valence-electron chi connectivity index (χ3n) is 5.78. The molecule has 1 aliphatic rings. The summed E-state index contributed by atoms with van der Waals surface area (Å²) in [5.74, 6) is -2.87. The minimum absolute atomic E-state index is 0.174. The number of likely N-dealkylation sites (N-methyl/N-ethyl adjacent to an activating group) is 1. The molecule has 0 aliphatic carbocycles. The molecule has 0 saturated heterocycles. The van der Waals surface area contributed by atoms with Crippen LogP contribution in [0.2, 0.25) is 0 Å². The second-order valence-electron chi connectivity index (χ2n) is 8.48. The van der Waals surface area contributed by atoms with Crippen LogP contribution in [0.1, 0.15) is 23.6 Å². The molecule has 35 heavy (non-hydrogen) atoms. The fourth-order valence-electron chi connectivity index (χ4n) is 4.02. The predicted molar refractivity (Wildman–Crippen MR) is 131 cm³/mol. The monoisotopic (exact) mass is 476 g/mol. The molecule has 2 amide bonds. The van der Waals surface area contributed by atoms with Gasteiger partial charge in [0.1, 0.15) is 12.2 Å². The van der Waals surface area contributed by atoms with Crippen LogP contribution in [0.15, 0.2) is 77.8 Å². The molecule has 6 nitrogen and oxygen atoms in total. The number of amides is 2. The van der Waals surface area contributed by atoms with Crippen LogP contribution >= 0.6 is 0 Å². The van der Waals surface area contributed by atoms with Crippen molar-refractivity contribution < 1.29 is 18.4 Å². The molecule has 0 unspecified atom stereocenters. The van der Waals surface area contributed by atoms with E-state index >= 15 is 0 Å². The number of nitrogens with zero attached hydrogens (tertiary/aromatic N) is 2. The van der Waals surface area contributed by atoms with Gasteiger partial charge in [-0.15, -0.1) is 0 Å². The van der Waals surface area contributed by atoms with Crippen molar-refractivity contribution in [1.82, 2.24) is 10.6 Å². The Morgan fingerprint density at radius 3 is 2.49 bits per heavy atom. The Morgan fingerprint density at radius 2 is 1.74 bits per heavy atom. The summed E-state index contributed by atoms with van der Waals surface area (Å²) in [4.78, 5) is 32.2. The average Bonchev–Trinajstić information content (AvgIpc) is 2.98. The van der Waals surface area contributed by atoms with Crippen molar-refractivity contribution in [2.75, 3.05) is 18.5 Å². The molecule has 0 saturated carbocycles. The molecule has 0 fully saturated rings. The van der Waals surface area contributed by atoms with E-state index in [1.807, 2.05) is 66.5 Å². The first-order valence-corrected chi connectivity index (χ1v) is 11.3. The molecule has 8 heteroatoms. The first-order chi connectivity index (χ1) is 16.8. The standard InChI is InChI=1S/C27H26F2N4O2/c1-17(30-25(34)15-18-12-13-21(28)22(29)14-18)27(35)32-24-16-33(2)23-11-7-6-10-20(23)26(31-24)19-8-4-3-5-9-19/h3-14,17,24H,15-16H2,1-2H3,(H,30,34)(H,32,35)/t17-,24+/m0/s1. The highest BCUT2D eigenvalue weighted by molar-refractivity contribution is 6.16. The molecule has 2 atom stereocenters. The van der Waals surface area contributed by atoms with E-state index in [1.165, 1.54) is 6.07 Å². The number of aliphatic imine (C=N–C) groups is 1. The van der Waals surface area contributed by atoms with Crippen molar-refractivity contribution in [1.29, 1.82) is 0 Å². The summed E-state index contributed by atoms with van der Waals surface area (Å²) in [6, 6.07) is 20.1. The zero-order valence-corrected chi connectivity index (χ0v) is 19.5. The van der Waals surface area contributed by atoms with Gasteiger partial charge in [-0.1, -0.05) is 54.6 Å². The summed E-state index contributed by atoms with van der Waals surface area (Å²) >= 11 is 0. The molecule has 4 rings (SSSR count). The van der Waals surface area contributed by atoms with Crippen molar-refractivity contribution in [2.45, 2.75) is 25.6 Å². The topological polar surface area (TPSA) is 73.8 Å². The van der Waals surface area contributed by atoms with Crippen LogP contribution in [-0.4, -0.2) is 43.3 Å². The molecule has 1 heterocycles. The van der Waals surface area contributed by atoms with Crippen LogP contribution in [0, 0.1) is 11.6 Å². The number of para-hydroxylation sites is 1. The number of benzene rings is 3. The molecule has 2 N–H and O–H groups in total. The number of hydrogen-bond donors (Lipinski definition) is 2.